The monoisotopic (exact) mass is 299 g/mol. The maximum absolute atomic E-state index is 9.39. The second kappa shape index (κ2) is 4.90. The highest BCUT2D eigenvalue weighted by Gasteiger charge is 2.28. The summed E-state index contributed by atoms with van der Waals surface area (Å²) in [5.74, 6) is 2.21. The minimum Gasteiger partial charge on any atom is -0.394 e. The molecule has 2 rings (SSSR count). The lowest BCUT2D eigenvalue weighted by Gasteiger charge is -2.28. The van der Waals surface area contributed by atoms with Gasteiger partial charge in [-0.25, -0.2) is 9.97 Å². The van der Waals surface area contributed by atoms with Crippen molar-refractivity contribution < 1.29 is 5.11 Å². The molecule has 94 valence electrons. The molecular weight excluding hydrogens is 282 g/mol. The summed E-state index contributed by atoms with van der Waals surface area (Å²) >= 11 is 3.41. The lowest BCUT2D eigenvalue weighted by Crippen LogP contribution is -2.38. The van der Waals surface area contributed by atoms with Crippen molar-refractivity contribution in [1.29, 1.82) is 0 Å². The molecule has 0 aromatic carbocycles. The molecule has 2 N–H and O–H groups in total. The Morgan fingerprint density at radius 3 is 2.76 bits per heavy atom. The first-order valence-electron chi connectivity index (χ1n) is 6.00. The number of nitrogens with zero attached hydrogens (tertiary/aromatic N) is 2. The Morgan fingerprint density at radius 2 is 2.24 bits per heavy atom. The van der Waals surface area contributed by atoms with Crippen LogP contribution in [0.1, 0.15) is 44.9 Å². The van der Waals surface area contributed by atoms with Gasteiger partial charge in [0.1, 0.15) is 16.2 Å². The van der Waals surface area contributed by atoms with Crippen LogP contribution in [0.15, 0.2) is 10.7 Å². The van der Waals surface area contributed by atoms with E-state index in [1.807, 2.05) is 19.9 Å². The molecule has 0 aliphatic heterocycles. The lowest BCUT2D eigenvalue weighted by molar-refractivity contribution is 0.218. The van der Waals surface area contributed by atoms with Gasteiger partial charge in [-0.05, 0) is 42.1 Å². The Bertz CT molecular complexity index is 403. The van der Waals surface area contributed by atoms with Gasteiger partial charge in [0.2, 0.25) is 0 Å². The van der Waals surface area contributed by atoms with Gasteiger partial charge in [-0.15, -0.1) is 0 Å². The number of hydrogen-bond donors (Lipinski definition) is 2. The Labute approximate surface area is 110 Å². The molecule has 1 unspecified atom stereocenters. The van der Waals surface area contributed by atoms with Gasteiger partial charge in [0.25, 0.3) is 0 Å². The van der Waals surface area contributed by atoms with Gasteiger partial charge in [-0.3, -0.25) is 0 Å². The maximum atomic E-state index is 9.39. The Balaban J connectivity index is 2.20. The van der Waals surface area contributed by atoms with Crippen molar-refractivity contribution in [2.75, 3.05) is 11.9 Å². The summed E-state index contributed by atoms with van der Waals surface area (Å²) in [4.78, 5) is 8.89. The van der Waals surface area contributed by atoms with Gasteiger partial charge in [-0.2, -0.15) is 0 Å². The molecule has 1 aromatic rings. The Hall–Kier alpha value is -0.680. The molecule has 5 heteroatoms. The minimum absolute atomic E-state index is 0.0872. The number of hydrogen-bond acceptors (Lipinski definition) is 4. The van der Waals surface area contributed by atoms with Crippen LogP contribution in [0.5, 0.6) is 0 Å². The van der Waals surface area contributed by atoms with E-state index in [1.54, 1.807) is 0 Å². The van der Waals surface area contributed by atoms with Crippen molar-refractivity contribution in [3.05, 3.63) is 16.5 Å². The van der Waals surface area contributed by atoms with Gasteiger partial charge < -0.3 is 10.4 Å². The molecule has 0 saturated heterocycles. The first kappa shape index (κ1) is 12.8. The molecule has 0 radical (unpaired) electrons. The van der Waals surface area contributed by atoms with Crippen LogP contribution in [0.25, 0.3) is 0 Å². The van der Waals surface area contributed by atoms with Crippen LogP contribution >= 0.6 is 15.9 Å². The molecule has 17 heavy (non-hydrogen) atoms. The summed E-state index contributed by atoms with van der Waals surface area (Å²) in [5.41, 5.74) is -0.325. The molecule has 1 aliphatic carbocycles. The third-order valence-corrected chi connectivity index (χ3v) is 3.62. The summed E-state index contributed by atoms with van der Waals surface area (Å²) in [6.45, 7) is 4.12. The summed E-state index contributed by atoms with van der Waals surface area (Å²) in [5, 5.41) is 12.7. The standard InChI is InChI=1S/C12H18BrN3O/c1-3-12(2,7-17)16-10-6-9(13)14-11(15-10)8-4-5-8/h6,8,17H,3-5,7H2,1-2H3,(H,14,15,16). The van der Waals surface area contributed by atoms with Gasteiger partial charge in [0.15, 0.2) is 0 Å². The zero-order valence-corrected chi connectivity index (χ0v) is 11.8. The van der Waals surface area contributed by atoms with Crippen molar-refractivity contribution in [3.63, 3.8) is 0 Å². The van der Waals surface area contributed by atoms with E-state index in [0.29, 0.717) is 5.92 Å². The second-order valence-electron chi connectivity index (χ2n) is 4.91. The van der Waals surface area contributed by atoms with E-state index in [2.05, 4.69) is 31.2 Å². The quantitative estimate of drug-likeness (QED) is 0.821. The molecule has 1 saturated carbocycles. The molecular formula is C12H18BrN3O. The Kier molecular flexibility index (Phi) is 3.68. The van der Waals surface area contributed by atoms with Crippen molar-refractivity contribution in [3.8, 4) is 0 Å². The second-order valence-corrected chi connectivity index (χ2v) is 5.72. The zero-order chi connectivity index (χ0) is 12.5. The summed E-state index contributed by atoms with van der Waals surface area (Å²) in [7, 11) is 0. The molecule has 0 bridgehead atoms. The molecule has 1 fully saturated rings. The predicted molar refractivity (Wildman–Crippen MR) is 71.1 cm³/mol. The lowest BCUT2D eigenvalue weighted by atomic mass is 10.0. The number of aliphatic hydroxyl groups is 1. The predicted octanol–water partition coefficient (Wildman–Crippen LogP) is 2.69. The van der Waals surface area contributed by atoms with Gasteiger partial charge >= 0.3 is 0 Å². The van der Waals surface area contributed by atoms with Crippen molar-refractivity contribution in [1.82, 2.24) is 9.97 Å². The highest BCUT2D eigenvalue weighted by atomic mass is 79.9. The molecule has 1 atom stereocenters. The van der Waals surface area contributed by atoms with E-state index in [-0.39, 0.29) is 12.1 Å². The van der Waals surface area contributed by atoms with Crippen LogP contribution < -0.4 is 5.32 Å². The van der Waals surface area contributed by atoms with Gasteiger partial charge in [-0.1, -0.05) is 6.92 Å². The third-order valence-electron chi connectivity index (χ3n) is 3.21. The molecule has 4 nitrogen and oxygen atoms in total. The number of aromatic nitrogens is 2. The van der Waals surface area contributed by atoms with Crippen LogP contribution in [0, 0.1) is 0 Å². The highest BCUT2D eigenvalue weighted by Crippen LogP contribution is 2.39. The third kappa shape index (κ3) is 3.16. The van der Waals surface area contributed by atoms with Crippen LogP contribution in [0.4, 0.5) is 5.82 Å². The zero-order valence-electron chi connectivity index (χ0n) is 10.2. The molecule has 1 aromatic heterocycles. The average molecular weight is 300 g/mol. The largest absolute Gasteiger partial charge is 0.394 e. The fourth-order valence-electron chi connectivity index (χ4n) is 1.57. The number of nitrogens with one attached hydrogen (secondary N) is 1. The van der Waals surface area contributed by atoms with Gasteiger partial charge in [0.05, 0.1) is 12.1 Å². The highest BCUT2D eigenvalue weighted by molar-refractivity contribution is 9.10. The van der Waals surface area contributed by atoms with E-state index in [9.17, 15) is 5.11 Å². The van der Waals surface area contributed by atoms with Crippen LogP contribution in [0.3, 0.4) is 0 Å². The first-order chi connectivity index (χ1) is 8.06. The summed E-state index contributed by atoms with van der Waals surface area (Å²) in [6, 6.07) is 1.86. The molecule has 1 heterocycles. The fourth-order valence-corrected chi connectivity index (χ4v) is 1.97. The Morgan fingerprint density at radius 1 is 1.53 bits per heavy atom. The smallest absolute Gasteiger partial charge is 0.135 e. The molecule has 0 amide bonds. The normalized spacial score (nSPS) is 18.8. The average Bonchev–Trinajstić information content (AvgIpc) is 3.12. The van der Waals surface area contributed by atoms with E-state index < -0.39 is 0 Å². The first-order valence-corrected chi connectivity index (χ1v) is 6.79. The van der Waals surface area contributed by atoms with Crippen LogP contribution in [-0.2, 0) is 0 Å². The van der Waals surface area contributed by atoms with Crippen molar-refractivity contribution in [2.45, 2.75) is 44.6 Å². The molecule has 0 spiro atoms. The van der Waals surface area contributed by atoms with Crippen LogP contribution in [0.2, 0.25) is 0 Å². The number of halogens is 1. The number of anilines is 1. The SMILES string of the molecule is CCC(C)(CO)Nc1cc(Br)nc(C2CC2)n1. The van der Waals surface area contributed by atoms with Crippen LogP contribution in [-0.4, -0.2) is 27.2 Å². The van der Waals surface area contributed by atoms with E-state index in [1.165, 1.54) is 12.8 Å². The fraction of sp³-hybridized carbons (Fsp3) is 0.667. The van der Waals surface area contributed by atoms with Crippen molar-refractivity contribution in [2.24, 2.45) is 0 Å². The molecule has 1 aliphatic rings. The summed E-state index contributed by atoms with van der Waals surface area (Å²) < 4.78 is 0.799. The van der Waals surface area contributed by atoms with E-state index in [0.717, 1.165) is 22.7 Å². The minimum atomic E-state index is -0.325. The van der Waals surface area contributed by atoms with E-state index in [4.69, 9.17) is 0 Å². The number of rotatable bonds is 5. The van der Waals surface area contributed by atoms with Crippen molar-refractivity contribution >= 4 is 21.7 Å². The summed E-state index contributed by atoms with van der Waals surface area (Å²) in [6.07, 6.45) is 3.20. The van der Waals surface area contributed by atoms with E-state index >= 15 is 0 Å². The number of aliphatic hydroxyl groups excluding tert-OH is 1. The van der Waals surface area contributed by atoms with Gasteiger partial charge in [0, 0.05) is 12.0 Å². The maximum Gasteiger partial charge on any atom is 0.135 e. The topological polar surface area (TPSA) is 58.0 Å².